The summed E-state index contributed by atoms with van der Waals surface area (Å²) in [7, 11) is 3.35. The molecule has 0 aromatic heterocycles. The molecule has 0 fully saturated rings. The molecule has 5 heteroatoms. The highest BCUT2D eigenvalue weighted by Crippen LogP contribution is 2.26. The van der Waals surface area contributed by atoms with Gasteiger partial charge in [-0.05, 0) is 47.9 Å². The molecule has 0 aliphatic rings. The van der Waals surface area contributed by atoms with E-state index in [1.165, 1.54) is 0 Å². The normalized spacial score (nSPS) is 12.8. The number of likely N-dealkylation sites (N-methyl/N-ethyl adjacent to an activating group) is 1. The van der Waals surface area contributed by atoms with Crippen molar-refractivity contribution in [2.45, 2.75) is 25.8 Å². The molecule has 0 saturated heterocycles. The number of carbonyl (C=O) groups excluding carboxylic acids is 2. The largest absolute Gasteiger partial charge is 0.497 e. The summed E-state index contributed by atoms with van der Waals surface area (Å²) in [5, 5.41) is 2.05. The molecule has 0 saturated carbocycles. The molecule has 0 N–H and O–H groups in total. The van der Waals surface area contributed by atoms with Crippen molar-refractivity contribution in [1.29, 1.82) is 0 Å². The lowest BCUT2D eigenvalue weighted by atomic mass is 9.98. The van der Waals surface area contributed by atoms with Gasteiger partial charge >= 0.3 is 5.97 Å². The van der Waals surface area contributed by atoms with Crippen LogP contribution in [-0.2, 0) is 14.3 Å². The summed E-state index contributed by atoms with van der Waals surface area (Å²) in [4.78, 5) is 26.6. The summed E-state index contributed by atoms with van der Waals surface area (Å²) in [6, 6.07) is 21.3. The first-order chi connectivity index (χ1) is 14.4. The molecular weight excluding hydrogens is 378 g/mol. The minimum absolute atomic E-state index is 0.104. The Morgan fingerprint density at radius 1 is 0.900 bits per heavy atom. The predicted octanol–water partition coefficient (Wildman–Crippen LogP) is 4.71. The highest BCUT2D eigenvalue weighted by molar-refractivity contribution is 5.87. The summed E-state index contributed by atoms with van der Waals surface area (Å²) in [6.07, 6.45) is 0. The zero-order valence-electron chi connectivity index (χ0n) is 17.8. The van der Waals surface area contributed by atoms with Crippen LogP contribution in [0.1, 0.15) is 36.9 Å². The predicted molar refractivity (Wildman–Crippen MR) is 118 cm³/mol. The Balaban J connectivity index is 1.61. The van der Waals surface area contributed by atoms with E-state index in [-0.39, 0.29) is 18.6 Å². The van der Waals surface area contributed by atoms with Gasteiger partial charge in [-0.1, -0.05) is 54.6 Å². The number of nitrogens with zero attached hydrogens (tertiary/aromatic N) is 1. The summed E-state index contributed by atoms with van der Waals surface area (Å²) >= 11 is 0. The van der Waals surface area contributed by atoms with Gasteiger partial charge in [0.05, 0.1) is 19.1 Å². The molecule has 2 atom stereocenters. The van der Waals surface area contributed by atoms with Gasteiger partial charge in [0.1, 0.15) is 5.75 Å². The third-order valence-electron chi connectivity index (χ3n) is 5.52. The maximum absolute atomic E-state index is 12.5. The Hall–Kier alpha value is -3.34. The summed E-state index contributed by atoms with van der Waals surface area (Å²) in [5.74, 6) is -0.342. The second kappa shape index (κ2) is 9.44. The standard InChI is InChI=1S/C25H27NO4/c1-17(20-10-11-22-15-23(29-4)13-12-21(22)14-20)25(28)30-16-24(27)26(3)18(2)19-8-6-5-7-9-19/h5-15,17-18H,16H2,1-4H3/t17-,18+/m0/s1. The van der Waals surface area contributed by atoms with E-state index < -0.39 is 11.9 Å². The Morgan fingerprint density at radius 2 is 1.57 bits per heavy atom. The molecule has 0 unspecified atom stereocenters. The Labute approximate surface area is 177 Å². The van der Waals surface area contributed by atoms with Crippen molar-refractivity contribution >= 4 is 22.6 Å². The Morgan fingerprint density at radius 3 is 2.27 bits per heavy atom. The van der Waals surface area contributed by atoms with Crippen LogP contribution in [0.15, 0.2) is 66.7 Å². The van der Waals surface area contributed by atoms with Crippen molar-refractivity contribution in [3.05, 3.63) is 77.9 Å². The van der Waals surface area contributed by atoms with Crippen LogP contribution in [0.2, 0.25) is 0 Å². The Kier molecular flexibility index (Phi) is 6.72. The van der Waals surface area contributed by atoms with Gasteiger partial charge in [0.25, 0.3) is 5.91 Å². The molecule has 0 radical (unpaired) electrons. The first kappa shape index (κ1) is 21.4. The molecule has 5 nitrogen and oxygen atoms in total. The van der Waals surface area contributed by atoms with E-state index in [4.69, 9.17) is 9.47 Å². The first-order valence-electron chi connectivity index (χ1n) is 9.95. The lowest BCUT2D eigenvalue weighted by Gasteiger charge is -2.25. The van der Waals surface area contributed by atoms with Gasteiger partial charge in [0.2, 0.25) is 0 Å². The van der Waals surface area contributed by atoms with Crippen LogP contribution in [-0.4, -0.2) is 37.5 Å². The van der Waals surface area contributed by atoms with Crippen LogP contribution >= 0.6 is 0 Å². The monoisotopic (exact) mass is 405 g/mol. The second-order valence-electron chi connectivity index (χ2n) is 7.39. The third kappa shape index (κ3) is 4.79. The fourth-order valence-corrected chi connectivity index (χ4v) is 3.31. The number of rotatable bonds is 7. The number of benzene rings is 3. The summed E-state index contributed by atoms with van der Waals surface area (Å²) < 4.78 is 10.6. The molecule has 3 aromatic carbocycles. The lowest BCUT2D eigenvalue weighted by molar-refractivity contribution is -0.153. The van der Waals surface area contributed by atoms with Crippen LogP contribution in [0.5, 0.6) is 5.75 Å². The van der Waals surface area contributed by atoms with Gasteiger partial charge in [-0.2, -0.15) is 0 Å². The van der Waals surface area contributed by atoms with Crippen LogP contribution in [0.25, 0.3) is 10.8 Å². The summed E-state index contributed by atoms with van der Waals surface area (Å²) in [6.45, 7) is 3.46. The first-order valence-corrected chi connectivity index (χ1v) is 9.95. The van der Waals surface area contributed by atoms with Crippen molar-refractivity contribution in [1.82, 2.24) is 4.90 Å². The molecule has 0 bridgehead atoms. The van der Waals surface area contributed by atoms with Gasteiger partial charge in [0.15, 0.2) is 6.61 Å². The van der Waals surface area contributed by atoms with Crippen LogP contribution in [0.4, 0.5) is 0 Å². The molecule has 3 rings (SSSR count). The average molecular weight is 405 g/mol. The highest BCUT2D eigenvalue weighted by atomic mass is 16.5. The van der Waals surface area contributed by atoms with E-state index in [0.29, 0.717) is 0 Å². The number of amides is 1. The van der Waals surface area contributed by atoms with Crippen molar-refractivity contribution in [2.75, 3.05) is 20.8 Å². The van der Waals surface area contributed by atoms with Gasteiger partial charge in [-0.25, -0.2) is 0 Å². The van der Waals surface area contributed by atoms with E-state index in [1.54, 1.807) is 26.0 Å². The maximum atomic E-state index is 12.5. The van der Waals surface area contributed by atoms with E-state index in [0.717, 1.165) is 27.6 Å². The zero-order valence-corrected chi connectivity index (χ0v) is 17.8. The number of carbonyl (C=O) groups is 2. The Bertz CT molecular complexity index is 1030. The molecule has 0 aliphatic heterocycles. The maximum Gasteiger partial charge on any atom is 0.313 e. The minimum atomic E-state index is -0.471. The molecule has 0 aliphatic carbocycles. The van der Waals surface area contributed by atoms with Crippen LogP contribution in [0, 0.1) is 0 Å². The van der Waals surface area contributed by atoms with Crippen molar-refractivity contribution in [3.63, 3.8) is 0 Å². The number of esters is 1. The van der Waals surface area contributed by atoms with E-state index >= 15 is 0 Å². The van der Waals surface area contributed by atoms with Gasteiger partial charge in [0, 0.05) is 7.05 Å². The van der Waals surface area contributed by atoms with Crippen molar-refractivity contribution in [3.8, 4) is 5.75 Å². The molecule has 0 heterocycles. The highest BCUT2D eigenvalue weighted by Gasteiger charge is 2.22. The van der Waals surface area contributed by atoms with Gasteiger partial charge in [-0.15, -0.1) is 0 Å². The fourth-order valence-electron chi connectivity index (χ4n) is 3.31. The molecule has 156 valence electrons. The molecule has 1 amide bonds. The fraction of sp³-hybridized carbons (Fsp3) is 0.280. The SMILES string of the molecule is COc1ccc2cc([C@H](C)C(=O)OCC(=O)N(C)[C@H](C)c3ccccc3)ccc2c1. The number of fused-ring (bicyclic) bond motifs is 1. The number of methoxy groups -OCH3 is 1. The minimum Gasteiger partial charge on any atom is -0.497 e. The molecule has 0 spiro atoms. The second-order valence-corrected chi connectivity index (χ2v) is 7.39. The van der Waals surface area contributed by atoms with E-state index in [2.05, 4.69) is 0 Å². The number of hydrogen-bond acceptors (Lipinski definition) is 4. The molecule has 30 heavy (non-hydrogen) atoms. The van der Waals surface area contributed by atoms with Gasteiger partial charge < -0.3 is 14.4 Å². The van der Waals surface area contributed by atoms with E-state index in [9.17, 15) is 9.59 Å². The molecule has 3 aromatic rings. The smallest absolute Gasteiger partial charge is 0.313 e. The van der Waals surface area contributed by atoms with Crippen LogP contribution < -0.4 is 4.74 Å². The van der Waals surface area contributed by atoms with Gasteiger partial charge in [-0.3, -0.25) is 9.59 Å². The average Bonchev–Trinajstić information content (AvgIpc) is 2.80. The number of hydrogen-bond donors (Lipinski definition) is 0. The quantitative estimate of drug-likeness (QED) is 0.534. The third-order valence-corrected chi connectivity index (χ3v) is 5.52. The summed E-state index contributed by atoms with van der Waals surface area (Å²) in [5.41, 5.74) is 1.87. The van der Waals surface area contributed by atoms with Crippen molar-refractivity contribution in [2.24, 2.45) is 0 Å². The number of ether oxygens (including phenoxy) is 2. The molecular formula is C25H27NO4. The van der Waals surface area contributed by atoms with Crippen molar-refractivity contribution < 1.29 is 19.1 Å². The topological polar surface area (TPSA) is 55.8 Å². The lowest BCUT2D eigenvalue weighted by Crippen LogP contribution is -2.33. The van der Waals surface area contributed by atoms with E-state index in [1.807, 2.05) is 73.7 Å². The zero-order chi connectivity index (χ0) is 21.7. The van der Waals surface area contributed by atoms with Crippen LogP contribution in [0.3, 0.4) is 0 Å².